The van der Waals surface area contributed by atoms with Gasteiger partial charge in [0.25, 0.3) is 0 Å². The van der Waals surface area contributed by atoms with Crippen molar-refractivity contribution in [2.24, 2.45) is 5.92 Å². The summed E-state index contributed by atoms with van der Waals surface area (Å²) in [6, 6.07) is 6.92. The molecule has 1 amide bonds. The lowest BCUT2D eigenvalue weighted by atomic mass is 9.97. The molecule has 5 heteroatoms. The third kappa shape index (κ3) is 5.30. The van der Waals surface area contributed by atoms with Crippen LogP contribution in [0.1, 0.15) is 39.0 Å². The number of nitrogens with two attached hydrogens (primary N) is 1. The second-order valence-corrected chi connectivity index (χ2v) is 4.87. The quantitative estimate of drug-likeness (QED) is 0.503. The maximum absolute atomic E-state index is 11.9. The first kappa shape index (κ1) is 16.0. The fraction of sp³-hybridized carbons (Fsp3) is 0.467. The van der Waals surface area contributed by atoms with Crippen LogP contribution in [0.5, 0.6) is 0 Å². The van der Waals surface area contributed by atoms with Crippen LogP contribution in [0, 0.1) is 5.92 Å². The molecule has 4 N–H and O–H groups in total. The molecule has 0 fully saturated rings. The molecular weight excluding hydrogens is 256 g/mol. The maximum Gasteiger partial charge on any atom is 0.307 e. The Kier molecular flexibility index (Phi) is 6.56. The number of nitrogen functional groups attached to an aromatic ring is 1. The SMILES string of the molecule is CCCCCC(CC(=O)Nc1ccccc1N)C(=O)O. The number of carbonyl (C=O) groups is 2. The molecule has 1 atom stereocenters. The zero-order valence-electron chi connectivity index (χ0n) is 11.8. The van der Waals surface area contributed by atoms with Crippen molar-refractivity contribution in [1.29, 1.82) is 0 Å². The summed E-state index contributed by atoms with van der Waals surface area (Å²) in [4.78, 5) is 23.0. The topological polar surface area (TPSA) is 92.4 Å². The van der Waals surface area contributed by atoms with Crippen molar-refractivity contribution in [3.63, 3.8) is 0 Å². The first-order valence-corrected chi connectivity index (χ1v) is 6.91. The summed E-state index contributed by atoms with van der Waals surface area (Å²) >= 11 is 0. The number of para-hydroxylation sites is 2. The number of rotatable bonds is 8. The summed E-state index contributed by atoms with van der Waals surface area (Å²) in [7, 11) is 0. The molecule has 1 unspecified atom stereocenters. The Morgan fingerprint density at radius 1 is 1.30 bits per heavy atom. The number of carboxylic acids is 1. The van der Waals surface area contributed by atoms with E-state index in [4.69, 9.17) is 10.8 Å². The number of anilines is 2. The zero-order valence-corrected chi connectivity index (χ0v) is 11.8. The Balaban J connectivity index is 2.54. The molecular formula is C15H22N2O3. The van der Waals surface area contributed by atoms with Crippen LogP contribution in [0.4, 0.5) is 11.4 Å². The highest BCUT2D eigenvalue weighted by molar-refractivity contribution is 5.95. The van der Waals surface area contributed by atoms with Crippen LogP contribution in [0.15, 0.2) is 24.3 Å². The smallest absolute Gasteiger partial charge is 0.307 e. The third-order valence-electron chi connectivity index (χ3n) is 3.17. The zero-order chi connectivity index (χ0) is 15.0. The van der Waals surface area contributed by atoms with Crippen LogP contribution in [0.3, 0.4) is 0 Å². The predicted octanol–water partition coefficient (Wildman–Crippen LogP) is 2.88. The molecule has 0 aliphatic heterocycles. The molecule has 1 aromatic rings. The van der Waals surface area contributed by atoms with Crippen molar-refractivity contribution in [2.45, 2.75) is 39.0 Å². The number of aliphatic carboxylic acids is 1. The second kappa shape index (κ2) is 8.19. The van der Waals surface area contributed by atoms with E-state index in [0.29, 0.717) is 17.8 Å². The van der Waals surface area contributed by atoms with Crippen molar-refractivity contribution >= 4 is 23.3 Å². The Morgan fingerprint density at radius 3 is 2.60 bits per heavy atom. The molecule has 1 rings (SSSR count). The molecule has 0 saturated heterocycles. The molecule has 20 heavy (non-hydrogen) atoms. The van der Waals surface area contributed by atoms with Crippen molar-refractivity contribution in [1.82, 2.24) is 0 Å². The summed E-state index contributed by atoms with van der Waals surface area (Å²) in [5.41, 5.74) is 6.72. The van der Waals surface area contributed by atoms with Gasteiger partial charge in [-0.1, -0.05) is 38.3 Å². The summed E-state index contributed by atoms with van der Waals surface area (Å²) in [6.45, 7) is 2.06. The van der Waals surface area contributed by atoms with Crippen LogP contribution in [0.25, 0.3) is 0 Å². The van der Waals surface area contributed by atoms with Crippen LogP contribution < -0.4 is 11.1 Å². The lowest BCUT2D eigenvalue weighted by Gasteiger charge is -2.13. The standard InChI is InChI=1S/C15H22N2O3/c1-2-3-4-7-11(15(19)20)10-14(18)17-13-9-6-5-8-12(13)16/h5-6,8-9,11H,2-4,7,10,16H2,1H3,(H,17,18)(H,19,20). The molecule has 110 valence electrons. The van der Waals surface area contributed by atoms with Gasteiger partial charge in [0.15, 0.2) is 0 Å². The van der Waals surface area contributed by atoms with Gasteiger partial charge in [-0.3, -0.25) is 9.59 Å². The minimum Gasteiger partial charge on any atom is -0.481 e. The molecule has 0 radical (unpaired) electrons. The summed E-state index contributed by atoms with van der Waals surface area (Å²) in [5, 5.41) is 11.8. The van der Waals surface area contributed by atoms with Gasteiger partial charge in [0, 0.05) is 6.42 Å². The summed E-state index contributed by atoms with van der Waals surface area (Å²) < 4.78 is 0. The molecule has 0 spiro atoms. The lowest BCUT2D eigenvalue weighted by molar-refractivity contribution is -0.143. The van der Waals surface area contributed by atoms with Gasteiger partial charge in [0.2, 0.25) is 5.91 Å². The van der Waals surface area contributed by atoms with Crippen molar-refractivity contribution in [3.05, 3.63) is 24.3 Å². The number of hydrogen-bond acceptors (Lipinski definition) is 3. The van der Waals surface area contributed by atoms with Gasteiger partial charge in [-0.25, -0.2) is 0 Å². The van der Waals surface area contributed by atoms with Gasteiger partial charge >= 0.3 is 5.97 Å². The predicted molar refractivity (Wildman–Crippen MR) is 79.4 cm³/mol. The van der Waals surface area contributed by atoms with Crippen LogP contribution >= 0.6 is 0 Å². The van der Waals surface area contributed by atoms with Crippen molar-refractivity contribution in [3.8, 4) is 0 Å². The van der Waals surface area contributed by atoms with E-state index in [-0.39, 0.29) is 12.3 Å². The first-order chi connectivity index (χ1) is 9.54. The van der Waals surface area contributed by atoms with Crippen LogP contribution in [-0.4, -0.2) is 17.0 Å². The highest BCUT2D eigenvalue weighted by Gasteiger charge is 2.21. The Morgan fingerprint density at radius 2 is 2.00 bits per heavy atom. The van der Waals surface area contributed by atoms with E-state index in [1.54, 1.807) is 24.3 Å². The average molecular weight is 278 g/mol. The molecule has 0 aliphatic rings. The van der Waals surface area contributed by atoms with E-state index in [9.17, 15) is 9.59 Å². The normalized spacial score (nSPS) is 11.8. The van der Waals surface area contributed by atoms with E-state index < -0.39 is 11.9 Å². The largest absolute Gasteiger partial charge is 0.481 e. The number of amides is 1. The van der Waals surface area contributed by atoms with E-state index in [2.05, 4.69) is 12.2 Å². The van der Waals surface area contributed by atoms with E-state index in [1.807, 2.05) is 0 Å². The molecule has 0 aromatic heterocycles. The Labute approximate surface area is 119 Å². The van der Waals surface area contributed by atoms with E-state index >= 15 is 0 Å². The van der Waals surface area contributed by atoms with Crippen LogP contribution in [-0.2, 0) is 9.59 Å². The van der Waals surface area contributed by atoms with Gasteiger partial charge in [0.05, 0.1) is 17.3 Å². The highest BCUT2D eigenvalue weighted by Crippen LogP contribution is 2.19. The van der Waals surface area contributed by atoms with Crippen molar-refractivity contribution in [2.75, 3.05) is 11.1 Å². The molecule has 0 aliphatic carbocycles. The minimum absolute atomic E-state index is 0.0205. The van der Waals surface area contributed by atoms with Gasteiger partial charge in [-0.2, -0.15) is 0 Å². The lowest BCUT2D eigenvalue weighted by Crippen LogP contribution is -2.22. The molecule has 1 aromatic carbocycles. The van der Waals surface area contributed by atoms with E-state index in [1.165, 1.54) is 0 Å². The molecule has 0 heterocycles. The molecule has 5 nitrogen and oxygen atoms in total. The summed E-state index contributed by atoms with van der Waals surface area (Å²) in [5.74, 6) is -1.87. The first-order valence-electron chi connectivity index (χ1n) is 6.91. The third-order valence-corrected chi connectivity index (χ3v) is 3.17. The Bertz CT molecular complexity index is 460. The summed E-state index contributed by atoms with van der Waals surface area (Å²) in [6.07, 6.45) is 3.35. The fourth-order valence-corrected chi connectivity index (χ4v) is 1.99. The monoisotopic (exact) mass is 278 g/mol. The number of nitrogens with one attached hydrogen (secondary N) is 1. The number of carbonyl (C=O) groups excluding carboxylic acids is 1. The number of unbranched alkanes of at least 4 members (excludes halogenated alkanes) is 2. The van der Waals surface area contributed by atoms with Gasteiger partial charge in [0.1, 0.15) is 0 Å². The van der Waals surface area contributed by atoms with E-state index in [0.717, 1.165) is 19.3 Å². The van der Waals surface area contributed by atoms with Crippen molar-refractivity contribution < 1.29 is 14.7 Å². The average Bonchev–Trinajstić information content (AvgIpc) is 2.40. The highest BCUT2D eigenvalue weighted by atomic mass is 16.4. The minimum atomic E-state index is -0.919. The van der Waals surface area contributed by atoms with Gasteiger partial charge in [-0.15, -0.1) is 0 Å². The van der Waals surface area contributed by atoms with Gasteiger partial charge < -0.3 is 16.2 Å². The number of hydrogen-bond donors (Lipinski definition) is 3. The number of benzene rings is 1. The number of carboxylic acid groups (broad SMARTS) is 1. The molecule has 0 saturated carbocycles. The molecule has 0 bridgehead atoms. The second-order valence-electron chi connectivity index (χ2n) is 4.87. The maximum atomic E-state index is 11.9. The fourth-order valence-electron chi connectivity index (χ4n) is 1.99. The van der Waals surface area contributed by atoms with Gasteiger partial charge in [-0.05, 0) is 18.6 Å². The Hall–Kier alpha value is -2.04. The van der Waals surface area contributed by atoms with Crippen LogP contribution in [0.2, 0.25) is 0 Å².